The Balaban J connectivity index is 1.82. The highest BCUT2D eigenvalue weighted by Gasteiger charge is 2.10. The molecule has 2 rings (SSSR count). The van der Waals surface area contributed by atoms with Gasteiger partial charge in [-0.25, -0.2) is 0 Å². The van der Waals surface area contributed by atoms with Gasteiger partial charge in [0.05, 0.1) is 13.3 Å². The molecule has 0 saturated carbocycles. The molecule has 0 aromatic heterocycles. The van der Waals surface area contributed by atoms with Crippen molar-refractivity contribution >= 4 is 17.8 Å². The first-order chi connectivity index (χ1) is 13.9. The van der Waals surface area contributed by atoms with Crippen molar-refractivity contribution in [3.05, 3.63) is 48.0 Å². The van der Waals surface area contributed by atoms with Crippen molar-refractivity contribution in [2.45, 2.75) is 13.2 Å². The molecule has 0 spiro atoms. The highest BCUT2D eigenvalue weighted by Crippen LogP contribution is 2.28. The van der Waals surface area contributed by atoms with Gasteiger partial charge in [0.1, 0.15) is 5.75 Å². The SMILES string of the molecule is COc1cc(/C=N/OCC(=O)Nc2ccc(OC(F)F)cc2)ccc1OC(F)F. The Bertz CT molecular complexity index is 832. The zero-order chi connectivity index (χ0) is 21.2. The molecule has 0 aliphatic rings. The molecule has 2 aromatic rings. The number of anilines is 1. The number of rotatable bonds is 10. The molecule has 0 radical (unpaired) electrons. The van der Waals surface area contributed by atoms with Crippen molar-refractivity contribution in [2.24, 2.45) is 5.16 Å². The molecular weight excluding hydrogens is 400 g/mol. The summed E-state index contributed by atoms with van der Waals surface area (Å²) in [5, 5.41) is 6.08. The second kappa shape index (κ2) is 10.7. The van der Waals surface area contributed by atoms with Crippen LogP contribution < -0.4 is 19.5 Å². The molecule has 0 bridgehead atoms. The topological polar surface area (TPSA) is 78.4 Å². The summed E-state index contributed by atoms with van der Waals surface area (Å²) in [5.41, 5.74) is 0.807. The van der Waals surface area contributed by atoms with Crippen LogP contribution in [0.25, 0.3) is 0 Å². The Labute approximate surface area is 162 Å². The van der Waals surface area contributed by atoms with E-state index in [2.05, 4.69) is 19.9 Å². The fourth-order valence-electron chi connectivity index (χ4n) is 2.07. The van der Waals surface area contributed by atoms with Gasteiger partial charge in [-0.2, -0.15) is 17.6 Å². The molecule has 0 saturated heterocycles. The molecule has 29 heavy (non-hydrogen) atoms. The summed E-state index contributed by atoms with van der Waals surface area (Å²) < 4.78 is 62.2. The quantitative estimate of drug-likeness (QED) is 0.361. The fraction of sp³-hybridized carbons (Fsp3) is 0.222. The maximum Gasteiger partial charge on any atom is 0.387 e. The molecule has 11 heteroatoms. The Morgan fingerprint density at radius 1 is 1.03 bits per heavy atom. The van der Waals surface area contributed by atoms with E-state index in [9.17, 15) is 22.4 Å². The van der Waals surface area contributed by atoms with Crippen LogP contribution in [0.1, 0.15) is 5.56 Å². The number of nitrogens with one attached hydrogen (secondary N) is 1. The number of hydrogen-bond donors (Lipinski definition) is 1. The van der Waals surface area contributed by atoms with Gasteiger partial charge in [0.2, 0.25) is 0 Å². The summed E-state index contributed by atoms with van der Waals surface area (Å²) >= 11 is 0. The average molecular weight is 416 g/mol. The van der Waals surface area contributed by atoms with E-state index in [4.69, 9.17) is 9.57 Å². The summed E-state index contributed by atoms with van der Waals surface area (Å²) in [5.74, 6) is -0.640. The van der Waals surface area contributed by atoms with Gasteiger partial charge in [0.25, 0.3) is 5.91 Å². The van der Waals surface area contributed by atoms with Crippen LogP contribution in [0.5, 0.6) is 17.2 Å². The molecule has 1 N–H and O–H groups in total. The first kappa shape index (κ1) is 21.8. The van der Waals surface area contributed by atoms with Gasteiger partial charge >= 0.3 is 13.2 Å². The number of alkyl halides is 4. The lowest BCUT2D eigenvalue weighted by Crippen LogP contribution is -2.16. The maximum absolute atomic E-state index is 12.3. The van der Waals surface area contributed by atoms with Crippen molar-refractivity contribution in [1.29, 1.82) is 0 Å². The van der Waals surface area contributed by atoms with Gasteiger partial charge in [-0.05, 0) is 42.5 Å². The second-order valence-corrected chi connectivity index (χ2v) is 5.25. The summed E-state index contributed by atoms with van der Waals surface area (Å²) in [6.07, 6.45) is 1.25. The Morgan fingerprint density at radius 3 is 2.34 bits per heavy atom. The number of halogens is 4. The van der Waals surface area contributed by atoms with Crippen LogP contribution >= 0.6 is 0 Å². The Hall–Kier alpha value is -3.50. The van der Waals surface area contributed by atoms with Gasteiger partial charge in [0, 0.05) is 11.3 Å². The summed E-state index contributed by atoms with van der Waals surface area (Å²) in [7, 11) is 1.29. The minimum absolute atomic E-state index is 0.0424. The number of methoxy groups -OCH3 is 1. The van der Waals surface area contributed by atoms with Crippen molar-refractivity contribution in [1.82, 2.24) is 0 Å². The van der Waals surface area contributed by atoms with Crippen LogP contribution in [0.3, 0.4) is 0 Å². The van der Waals surface area contributed by atoms with E-state index in [1.54, 1.807) is 0 Å². The lowest BCUT2D eigenvalue weighted by molar-refractivity contribution is -0.120. The van der Waals surface area contributed by atoms with E-state index in [0.717, 1.165) is 0 Å². The smallest absolute Gasteiger partial charge is 0.387 e. The van der Waals surface area contributed by atoms with Gasteiger partial charge in [-0.1, -0.05) is 5.16 Å². The number of amides is 1. The molecule has 0 fully saturated rings. The fourth-order valence-corrected chi connectivity index (χ4v) is 2.07. The molecule has 0 atom stereocenters. The molecule has 156 valence electrons. The van der Waals surface area contributed by atoms with E-state index >= 15 is 0 Å². The predicted octanol–water partition coefficient (Wildman–Crippen LogP) is 3.89. The lowest BCUT2D eigenvalue weighted by atomic mass is 10.2. The third-order valence-electron chi connectivity index (χ3n) is 3.24. The lowest BCUT2D eigenvalue weighted by Gasteiger charge is -2.09. The van der Waals surface area contributed by atoms with Crippen LogP contribution in [0.15, 0.2) is 47.6 Å². The van der Waals surface area contributed by atoms with Crippen molar-refractivity contribution in [3.63, 3.8) is 0 Å². The standard InChI is InChI=1S/C18H16F4N2O5/c1-26-15-8-11(2-7-14(15)29-18(21)22)9-23-27-10-16(25)24-12-3-5-13(6-4-12)28-17(19)20/h2-9,17-18H,10H2,1H3,(H,24,25)/b23-9+. The normalized spacial score (nSPS) is 11.0. The molecule has 0 aliphatic heterocycles. The molecule has 1 amide bonds. The van der Waals surface area contributed by atoms with Gasteiger partial charge < -0.3 is 24.4 Å². The van der Waals surface area contributed by atoms with Crippen LogP contribution in [0.4, 0.5) is 23.2 Å². The van der Waals surface area contributed by atoms with Crippen molar-refractivity contribution in [2.75, 3.05) is 19.0 Å². The largest absolute Gasteiger partial charge is 0.493 e. The third-order valence-corrected chi connectivity index (χ3v) is 3.24. The van der Waals surface area contributed by atoms with Gasteiger partial charge in [-0.3, -0.25) is 4.79 Å². The summed E-state index contributed by atoms with van der Waals surface area (Å²) in [6, 6.07) is 9.43. The average Bonchev–Trinajstić information content (AvgIpc) is 2.67. The maximum atomic E-state index is 12.3. The minimum atomic E-state index is -2.99. The number of nitrogens with zero attached hydrogens (tertiary/aromatic N) is 1. The number of carbonyl (C=O) groups excluding carboxylic acids is 1. The highest BCUT2D eigenvalue weighted by atomic mass is 19.3. The molecular formula is C18H16F4N2O5. The highest BCUT2D eigenvalue weighted by molar-refractivity contribution is 5.91. The number of ether oxygens (including phenoxy) is 3. The third kappa shape index (κ3) is 7.56. The Kier molecular flexibility index (Phi) is 8.07. The molecule has 7 nitrogen and oxygen atoms in total. The van der Waals surface area contributed by atoms with Crippen LogP contribution in [-0.2, 0) is 9.63 Å². The number of carbonyl (C=O) groups is 1. The van der Waals surface area contributed by atoms with Crippen molar-refractivity contribution in [3.8, 4) is 17.2 Å². The molecule has 0 heterocycles. The van der Waals surface area contributed by atoms with E-state index in [1.165, 1.54) is 55.8 Å². The van der Waals surface area contributed by atoms with E-state index < -0.39 is 25.7 Å². The zero-order valence-corrected chi connectivity index (χ0v) is 15.0. The molecule has 0 unspecified atom stereocenters. The number of benzene rings is 2. The van der Waals surface area contributed by atoms with Crippen LogP contribution in [-0.4, -0.2) is 39.1 Å². The minimum Gasteiger partial charge on any atom is -0.493 e. The summed E-state index contributed by atoms with van der Waals surface area (Å²) in [4.78, 5) is 16.6. The van der Waals surface area contributed by atoms with Gasteiger partial charge in [-0.15, -0.1) is 0 Å². The number of oxime groups is 1. The molecule has 2 aromatic carbocycles. The first-order valence-electron chi connectivity index (χ1n) is 8.00. The van der Waals surface area contributed by atoms with Crippen LogP contribution in [0.2, 0.25) is 0 Å². The monoisotopic (exact) mass is 416 g/mol. The van der Waals surface area contributed by atoms with E-state index in [0.29, 0.717) is 11.3 Å². The van der Waals surface area contributed by atoms with E-state index in [1.807, 2.05) is 0 Å². The number of hydrogen-bond acceptors (Lipinski definition) is 6. The van der Waals surface area contributed by atoms with Crippen LogP contribution in [0, 0.1) is 0 Å². The Morgan fingerprint density at radius 2 is 1.72 bits per heavy atom. The van der Waals surface area contributed by atoms with E-state index in [-0.39, 0.29) is 17.2 Å². The molecule has 0 aliphatic carbocycles. The van der Waals surface area contributed by atoms with Gasteiger partial charge in [0.15, 0.2) is 18.1 Å². The summed E-state index contributed by atoms with van der Waals surface area (Å²) in [6.45, 7) is -6.34. The predicted molar refractivity (Wildman–Crippen MR) is 94.9 cm³/mol. The zero-order valence-electron chi connectivity index (χ0n) is 15.0. The van der Waals surface area contributed by atoms with Crippen molar-refractivity contribution < 1.29 is 41.4 Å². The first-order valence-corrected chi connectivity index (χ1v) is 8.00. The second-order valence-electron chi connectivity index (χ2n) is 5.25.